The van der Waals surface area contributed by atoms with E-state index in [2.05, 4.69) is 53.3 Å². The third-order valence-electron chi connectivity index (χ3n) is 7.22. The van der Waals surface area contributed by atoms with Crippen LogP contribution in [-0.2, 0) is 13.4 Å². The Morgan fingerprint density at radius 1 is 0.971 bits per heavy atom. The Labute approximate surface area is 205 Å². The molecular weight excluding hydrogens is 477 g/mol. The predicted molar refractivity (Wildman–Crippen MR) is 141 cm³/mol. The Kier molecular flexibility index (Phi) is 4.24. The van der Waals surface area contributed by atoms with Crippen molar-refractivity contribution in [1.82, 2.24) is 0 Å². The monoisotopic (exact) mass is 507 g/mol. The molecule has 4 heteroatoms. The molecule has 166 valence electrons. The summed E-state index contributed by atoms with van der Waals surface area (Å²) < 4.78 is 27.9. The van der Waals surface area contributed by atoms with Gasteiger partial charge in [0.1, 0.15) is 0 Å². The Hall–Kier alpha value is -3.36. The average Bonchev–Trinajstić information content (AvgIpc) is 3.30. The summed E-state index contributed by atoms with van der Waals surface area (Å²) in [6.45, 7) is 2.09. The molecule has 5 aromatic rings. The fourth-order valence-corrected chi connectivity index (χ4v) is 10.1. The fourth-order valence-electron chi connectivity index (χ4n) is 5.38. The maximum absolute atomic E-state index is 10.1. The van der Waals surface area contributed by atoms with Gasteiger partial charge in [-0.3, -0.25) is 0 Å². The van der Waals surface area contributed by atoms with Gasteiger partial charge in [0, 0.05) is 0 Å². The van der Waals surface area contributed by atoms with Crippen LogP contribution in [0.25, 0.3) is 44.3 Å². The molecule has 0 unspecified atom stereocenters. The van der Waals surface area contributed by atoms with E-state index in [0.717, 1.165) is 44.3 Å². The van der Waals surface area contributed by atoms with Crippen molar-refractivity contribution in [2.24, 2.45) is 7.05 Å². The average molecular weight is 506 g/mol. The molecule has 0 fully saturated rings. The van der Waals surface area contributed by atoms with Gasteiger partial charge in [-0.2, -0.15) is 0 Å². The van der Waals surface area contributed by atoms with Crippen LogP contribution in [0.3, 0.4) is 0 Å². The standard InChI is InChI=1S/C30H27GeN2O/c1-19-11-13-23-24-14-12-20(18-32)28(22-8-7-9-25-21(22)15-16-31(25,2)3)30(24)34-29(23)27(19)26-10-5-6-17-33(26)4/h5-14,17H,15-16H2,1-4H3/q+1/i15D2. The summed E-state index contributed by atoms with van der Waals surface area (Å²) in [6.07, 6.45) is 0.605. The molecule has 0 saturated carbocycles. The van der Waals surface area contributed by atoms with Gasteiger partial charge in [0.2, 0.25) is 0 Å². The van der Waals surface area contributed by atoms with Crippen molar-refractivity contribution in [3.05, 3.63) is 83.6 Å². The van der Waals surface area contributed by atoms with Crippen LogP contribution < -0.4 is 8.96 Å². The Morgan fingerprint density at radius 3 is 2.50 bits per heavy atom. The van der Waals surface area contributed by atoms with Gasteiger partial charge in [-0.1, -0.05) is 0 Å². The molecule has 2 aromatic heterocycles. The number of hydrogen-bond acceptors (Lipinski definition) is 2. The fraction of sp³-hybridized carbons (Fsp3) is 0.200. The molecule has 3 aromatic carbocycles. The second-order valence-electron chi connectivity index (χ2n) is 9.88. The van der Waals surface area contributed by atoms with E-state index in [-0.39, 0.29) is 0 Å². The minimum atomic E-state index is -2.52. The SMILES string of the molecule is [2H]C1([2H])[CH2][Ge]([CH3])([CH3])[c]2cccc(-c3c(C#N)ccc4c3oc3c(-c5cccc[n+]5C)c(C)ccc34)c21. The van der Waals surface area contributed by atoms with Crippen LogP contribution in [0.5, 0.6) is 0 Å². The van der Waals surface area contributed by atoms with Gasteiger partial charge in [-0.15, -0.1) is 0 Å². The normalized spacial score (nSPS) is 16.8. The van der Waals surface area contributed by atoms with Gasteiger partial charge >= 0.3 is 206 Å². The topological polar surface area (TPSA) is 40.8 Å². The van der Waals surface area contributed by atoms with Gasteiger partial charge in [0.15, 0.2) is 0 Å². The molecule has 0 radical (unpaired) electrons. The zero-order valence-corrected chi connectivity index (χ0v) is 22.0. The third kappa shape index (κ3) is 2.98. The van der Waals surface area contributed by atoms with Gasteiger partial charge in [-0.25, -0.2) is 0 Å². The second-order valence-corrected chi connectivity index (χ2v) is 19.7. The molecule has 3 nitrogen and oxygen atoms in total. The van der Waals surface area contributed by atoms with Crippen molar-refractivity contribution in [1.29, 1.82) is 5.26 Å². The number of furan rings is 1. The summed E-state index contributed by atoms with van der Waals surface area (Å²) in [5, 5.41) is 12.7. The number of nitriles is 1. The summed E-state index contributed by atoms with van der Waals surface area (Å²) in [5.74, 6) is 4.55. The zero-order chi connectivity index (χ0) is 25.4. The first-order valence-corrected chi connectivity index (χ1v) is 18.4. The van der Waals surface area contributed by atoms with E-state index in [9.17, 15) is 5.26 Å². The van der Waals surface area contributed by atoms with Crippen molar-refractivity contribution in [2.75, 3.05) is 0 Å². The zero-order valence-electron chi connectivity index (χ0n) is 21.9. The van der Waals surface area contributed by atoms with E-state index in [1.807, 2.05) is 49.6 Å². The Balaban J connectivity index is 1.75. The van der Waals surface area contributed by atoms with Crippen LogP contribution in [0, 0.1) is 18.3 Å². The van der Waals surface area contributed by atoms with Gasteiger partial charge in [0.25, 0.3) is 0 Å². The first kappa shape index (κ1) is 19.0. The molecule has 1 aliphatic heterocycles. The van der Waals surface area contributed by atoms with E-state index < -0.39 is 19.6 Å². The van der Waals surface area contributed by atoms with Gasteiger partial charge in [0.05, 0.1) is 0 Å². The summed E-state index contributed by atoms with van der Waals surface area (Å²) in [4.78, 5) is 0. The Morgan fingerprint density at radius 2 is 1.74 bits per heavy atom. The van der Waals surface area contributed by atoms with E-state index in [1.165, 1.54) is 4.40 Å². The summed E-state index contributed by atoms with van der Waals surface area (Å²) in [5.41, 5.74) is 7.38. The number of benzene rings is 3. The van der Waals surface area contributed by atoms with Gasteiger partial charge in [-0.05, 0) is 0 Å². The first-order chi connectivity index (χ1) is 17.1. The van der Waals surface area contributed by atoms with Crippen molar-refractivity contribution >= 4 is 39.6 Å². The summed E-state index contributed by atoms with van der Waals surface area (Å²) in [6, 6.07) is 22.6. The summed E-state index contributed by atoms with van der Waals surface area (Å²) >= 11 is -2.52. The van der Waals surface area contributed by atoms with Crippen LogP contribution in [0.15, 0.2) is 71.3 Å². The summed E-state index contributed by atoms with van der Waals surface area (Å²) in [7, 11) is 2.03. The number of nitrogens with zero attached hydrogens (tertiary/aromatic N) is 2. The molecule has 0 bridgehead atoms. The van der Waals surface area contributed by atoms with Crippen LogP contribution in [0.4, 0.5) is 0 Å². The van der Waals surface area contributed by atoms with Crippen LogP contribution in [0.2, 0.25) is 16.8 Å². The van der Waals surface area contributed by atoms with Crippen molar-refractivity contribution in [3.8, 4) is 28.5 Å². The van der Waals surface area contributed by atoms with Crippen molar-refractivity contribution < 1.29 is 11.7 Å². The molecule has 0 spiro atoms. The van der Waals surface area contributed by atoms with E-state index in [4.69, 9.17) is 7.16 Å². The third-order valence-corrected chi connectivity index (χ3v) is 13.4. The molecule has 0 amide bonds. The molecule has 34 heavy (non-hydrogen) atoms. The molecule has 0 N–H and O–H groups in total. The molecule has 6 rings (SSSR count). The molecule has 0 atom stereocenters. The number of hydrogen-bond donors (Lipinski definition) is 0. The van der Waals surface area contributed by atoms with Crippen LogP contribution >= 0.6 is 0 Å². The van der Waals surface area contributed by atoms with Crippen LogP contribution in [0.1, 0.15) is 19.4 Å². The molecule has 0 saturated heterocycles. The quantitative estimate of drug-likeness (QED) is 0.206. The molecular formula is C30H27GeN2O+. The van der Waals surface area contributed by atoms with Crippen LogP contribution in [-0.4, -0.2) is 13.3 Å². The number of aromatic nitrogens is 1. The number of fused-ring (bicyclic) bond motifs is 4. The van der Waals surface area contributed by atoms with E-state index in [1.54, 1.807) is 0 Å². The second kappa shape index (κ2) is 7.58. The number of pyridine rings is 1. The number of rotatable bonds is 2. The van der Waals surface area contributed by atoms with Crippen molar-refractivity contribution in [3.63, 3.8) is 0 Å². The maximum atomic E-state index is 10.1. The molecule has 0 aliphatic carbocycles. The van der Waals surface area contributed by atoms with Gasteiger partial charge < -0.3 is 0 Å². The predicted octanol–water partition coefficient (Wildman–Crippen LogP) is 6.40. The molecule has 1 aliphatic rings. The first-order valence-electron chi connectivity index (χ1n) is 12.6. The molecule has 3 heterocycles. The minimum absolute atomic E-state index is 0.506. The van der Waals surface area contributed by atoms with Crippen molar-refractivity contribution in [2.45, 2.75) is 30.1 Å². The Bertz CT molecular complexity index is 1760. The number of aryl methyl sites for hydroxylation is 2. The van der Waals surface area contributed by atoms with E-state index >= 15 is 0 Å². The van der Waals surface area contributed by atoms with E-state index in [0.29, 0.717) is 22.0 Å².